The maximum atomic E-state index is 12.8. The van der Waals surface area contributed by atoms with Gasteiger partial charge in [0.15, 0.2) is 5.82 Å². The van der Waals surface area contributed by atoms with Gasteiger partial charge in [-0.25, -0.2) is 23.5 Å². The van der Waals surface area contributed by atoms with E-state index in [2.05, 4.69) is 15.3 Å². The lowest BCUT2D eigenvalue weighted by atomic mass is 10.1. The molecule has 1 atom stereocenters. The van der Waals surface area contributed by atoms with Gasteiger partial charge in [0.25, 0.3) is 6.43 Å². The normalized spacial score (nSPS) is 12.6. The predicted molar refractivity (Wildman–Crippen MR) is 74.4 cm³/mol. The number of aromatic nitrogens is 2. The topological polar surface area (TPSA) is 75.1 Å². The largest absolute Gasteiger partial charge is 0.480 e. The summed E-state index contributed by atoms with van der Waals surface area (Å²) in [6.07, 6.45) is -1.79. The summed E-state index contributed by atoms with van der Waals surface area (Å²) < 4.78 is 25.7. The molecule has 0 radical (unpaired) electrons. The van der Waals surface area contributed by atoms with Gasteiger partial charge in [0.05, 0.1) is 5.52 Å². The van der Waals surface area contributed by atoms with E-state index in [1.807, 2.05) is 6.92 Å². The van der Waals surface area contributed by atoms with Crippen LogP contribution in [0.5, 0.6) is 0 Å². The van der Waals surface area contributed by atoms with E-state index in [9.17, 15) is 13.6 Å². The highest BCUT2D eigenvalue weighted by Crippen LogP contribution is 2.25. The molecule has 0 fully saturated rings. The molecule has 0 bridgehead atoms. The van der Waals surface area contributed by atoms with Crippen LogP contribution in [0.2, 0.25) is 0 Å². The fourth-order valence-corrected chi connectivity index (χ4v) is 2.01. The molecule has 1 aromatic carbocycles. The van der Waals surface area contributed by atoms with Crippen molar-refractivity contribution in [3.63, 3.8) is 0 Å². The van der Waals surface area contributed by atoms with Crippen molar-refractivity contribution in [1.29, 1.82) is 0 Å². The van der Waals surface area contributed by atoms with Crippen molar-refractivity contribution in [3.05, 3.63) is 30.1 Å². The Morgan fingerprint density at radius 2 is 2.05 bits per heavy atom. The number of nitrogens with zero attached hydrogens (tertiary/aromatic N) is 2. The summed E-state index contributed by atoms with van der Waals surface area (Å²) in [5, 5.41) is 12.4. The summed E-state index contributed by atoms with van der Waals surface area (Å²) in [5.74, 6) is -1.54. The minimum Gasteiger partial charge on any atom is -0.480 e. The van der Waals surface area contributed by atoms with Crippen molar-refractivity contribution in [2.45, 2.75) is 32.2 Å². The molecule has 0 saturated heterocycles. The lowest BCUT2D eigenvalue weighted by molar-refractivity contribution is -0.138. The minimum absolute atomic E-state index is 0.122. The maximum absolute atomic E-state index is 12.8. The SMILES string of the molecule is CCCC(Nc1nc(C(F)F)nc2ccccc12)C(=O)O. The number of hydrogen-bond donors (Lipinski definition) is 2. The molecule has 112 valence electrons. The number of carboxylic acids is 1. The molecule has 1 unspecified atom stereocenters. The molecule has 21 heavy (non-hydrogen) atoms. The van der Waals surface area contributed by atoms with Gasteiger partial charge in [0, 0.05) is 5.39 Å². The number of alkyl halides is 2. The van der Waals surface area contributed by atoms with Gasteiger partial charge in [-0.15, -0.1) is 0 Å². The number of benzene rings is 1. The molecule has 5 nitrogen and oxygen atoms in total. The quantitative estimate of drug-likeness (QED) is 0.855. The van der Waals surface area contributed by atoms with Gasteiger partial charge in [-0.3, -0.25) is 0 Å². The summed E-state index contributed by atoms with van der Waals surface area (Å²) in [6, 6.07) is 5.77. The van der Waals surface area contributed by atoms with E-state index < -0.39 is 24.3 Å². The van der Waals surface area contributed by atoms with Gasteiger partial charge in [-0.1, -0.05) is 25.5 Å². The molecule has 2 aromatic rings. The fraction of sp³-hybridized carbons (Fsp3) is 0.357. The first-order valence-electron chi connectivity index (χ1n) is 6.57. The molecule has 0 saturated carbocycles. The fourth-order valence-electron chi connectivity index (χ4n) is 2.01. The molecule has 0 aliphatic heterocycles. The van der Waals surface area contributed by atoms with Crippen molar-refractivity contribution in [3.8, 4) is 0 Å². The zero-order chi connectivity index (χ0) is 15.4. The molecular weight excluding hydrogens is 280 g/mol. The van der Waals surface area contributed by atoms with Gasteiger partial charge in [0.2, 0.25) is 0 Å². The Morgan fingerprint density at radius 1 is 1.33 bits per heavy atom. The number of anilines is 1. The van der Waals surface area contributed by atoms with Gasteiger partial charge in [0.1, 0.15) is 11.9 Å². The van der Waals surface area contributed by atoms with Crippen LogP contribution in [0.1, 0.15) is 32.0 Å². The van der Waals surface area contributed by atoms with Gasteiger partial charge in [-0.05, 0) is 18.6 Å². The van der Waals surface area contributed by atoms with Crippen LogP contribution in [0.3, 0.4) is 0 Å². The molecule has 1 heterocycles. The van der Waals surface area contributed by atoms with Crippen molar-refractivity contribution in [1.82, 2.24) is 9.97 Å². The summed E-state index contributed by atoms with van der Waals surface area (Å²) in [7, 11) is 0. The van der Waals surface area contributed by atoms with Crippen molar-refractivity contribution >= 4 is 22.7 Å². The Labute approximate surface area is 120 Å². The second-order valence-electron chi connectivity index (χ2n) is 4.57. The van der Waals surface area contributed by atoms with E-state index in [4.69, 9.17) is 5.11 Å². The Morgan fingerprint density at radius 3 is 2.67 bits per heavy atom. The first kappa shape index (κ1) is 15.1. The highest BCUT2D eigenvalue weighted by Gasteiger charge is 2.20. The third-order valence-electron chi connectivity index (χ3n) is 3.00. The maximum Gasteiger partial charge on any atom is 0.326 e. The Hall–Kier alpha value is -2.31. The third-order valence-corrected chi connectivity index (χ3v) is 3.00. The third kappa shape index (κ3) is 3.42. The van der Waals surface area contributed by atoms with Crippen molar-refractivity contribution < 1.29 is 18.7 Å². The summed E-state index contributed by atoms with van der Waals surface area (Å²) in [6.45, 7) is 1.85. The number of rotatable bonds is 6. The molecule has 0 aliphatic rings. The number of carbonyl (C=O) groups is 1. The van der Waals surface area contributed by atoms with E-state index in [-0.39, 0.29) is 5.82 Å². The van der Waals surface area contributed by atoms with Crippen LogP contribution in [0.25, 0.3) is 10.9 Å². The second-order valence-corrected chi connectivity index (χ2v) is 4.57. The molecule has 0 amide bonds. The van der Waals surface area contributed by atoms with Gasteiger partial charge < -0.3 is 10.4 Å². The number of nitrogens with one attached hydrogen (secondary N) is 1. The van der Waals surface area contributed by atoms with E-state index in [1.165, 1.54) is 0 Å². The highest BCUT2D eigenvalue weighted by molar-refractivity contribution is 5.90. The van der Waals surface area contributed by atoms with Crippen LogP contribution in [0, 0.1) is 0 Å². The average molecular weight is 295 g/mol. The van der Waals surface area contributed by atoms with Gasteiger partial charge >= 0.3 is 5.97 Å². The van der Waals surface area contributed by atoms with Crippen LogP contribution in [0.4, 0.5) is 14.6 Å². The van der Waals surface area contributed by atoms with E-state index >= 15 is 0 Å². The zero-order valence-electron chi connectivity index (χ0n) is 11.4. The first-order valence-corrected chi connectivity index (χ1v) is 6.57. The number of halogens is 2. The molecule has 7 heteroatoms. The zero-order valence-corrected chi connectivity index (χ0v) is 11.4. The van der Waals surface area contributed by atoms with Crippen LogP contribution < -0.4 is 5.32 Å². The van der Waals surface area contributed by atoms with Crippen LogP contribution in [-0.2, 0) is 4.79 Å². The standard InChI is InChI=1S/C14H15F2N3O2/c1-2-5-10(14(20)21)18-12-8-6-3-4-7-9(8)17-13(19-12)11(15)16/h3-4,6-7,10-11H,2,5H2,1H3,(H,20,21)(H,17,18,19). The second kappa shape index (κ2) is 6.43. The van der Waals surface area contributed by atoms with Crippen LogP contribution >= 0.6 is 0 Å². The Balaban J connectivity index is 2.47. The highest BCUT2D eigenvalue weighted by atomic mass is 19.3. The minimum atomic E-state index is -2.82. The lowest BCUT2D eigenvalue weighted by Gasteiger charge is -2.16. The van der Waals surface area contributed by atoms with E-state index in [0.29, 0.717) is 23.7 Å². The van der Waals surface area contributed by atoms with Gasteiger partial charge in [-0.2, -0.15) is 0 Å². The summed E-state index contributed by atoms with van der Waals surface area (Å²) in [5.41, 5.74) is 0.353. The number of hydrogen-bond acceptors (Lipinski definition) is 4. The predicted octanol–water partition coefficient (Wildman–Crippen LogP) is 3.23. The summed E-state index contributed by atoms with van der Waals surface area (Å²) >= 11 is 0. The Kier molecular flexibility index (Phi) is 4.62. The number of fused-ring (bicyclic) bond motifs is 1. The monoisotopic (exact) mass is 295 g/mol. The summed E-state index contributed by atoms with van der Waals surface area (Å²) in [4.78, 5) is 18.7. The smallest absolute Gasteiger partial charge is 0.326 e. The average Bonchev–Trinajstić information content (AvgIpc) is 2.46. The van der Waals surface area contributed by atoms with E-state index in [0.717, 1.165) is 0 Å². The van der Waals surface area contributed by atoms with Crippen molar-refractivity contribution in [2.24, 2.45) is 0 Å². The molecule has 0 spiro atoms. The lowest BCUT2D eigenvalue weighted by Crippen LogP contribution is -2.29. The first-order chi connectivity index (χ1) is 10.0. The number of carboxylic acid groups (broad SMARTS) is 1. The van der Waals surface area contributed by atoms with Crippen molar-refractivity contribution in [2.75, 3.05) is 5.32 Å². The van der Waals surface area contributed by atoms with Crippen LogP contribution in [0.15, 0.2) is 24.3 Å². The molecular formula is C14H15F2N3O2. The Bertz CT molecular complexity index is 649. The molecule has 2 N–H and O–H groups in total. The van der Waals surface area contributed by atoms with Crippen LogP contribution in [-0.4, -0.2) is 27.1 Å². The molecule has 0 aliphatic carbocycles. The molecule has 2 rings (SSSR count). The molecule has 1 aromatic heterocycles. The number of para-hydroxylation sites is 1. The number of aliphatic carboxylic acids is 1. The van der Waals surface area contributed by atoms with E-state index in [1.54, 1.807) is 24.3 Å².